The molecular formula is C10H8N2S2. The summed E-state index contributed by atoms with van der Waals surface area (Å²) < 4.78 is 0. The number of hydrogen-bond acceptors (Lipinski definition) is 4. The molecule has 0 saturated heterocycles. The molecule has 0 unspecified atom stereocenters. The summed E-state index contributed by atoms with van der Waals surface area (Å²) in [7, 11) is 0. The van der Waals surface area contributed by atoms with E-state index >= 15 is 0 Å². The molecule has 70 valence electrons. The van der Waals surface area contributed by atoms with Crippen LogP contribution in [0.25, 0.3) is 9.88 Å². The number of aromatic nitrogens is 1. The van der Waals surface area contributed by atoms with E-state index in [2.05, 4.69) is 29.4 Å². The van der Waals surface area contributed by atoms with Gasteiger partial charge >= 0.3 is 0 Å². The van der Waals surface area contributed by atoms with Crippen LogP contribution in [0.4, 0.5) is 0 Å². The van der Waals surface area contributed by atoms with Crippen molar-refractivity contribution >= 4 is 22.7 Å². The second-order valence-electron chi connectivity index (χ2n) is 2.91. The smallest absolute Gasteiger partial charge is 0.133 e. The van der Waals surface area contributed by atoms with Crippen molar-refractivity contribution in [3.63, 3.8) is 0 Å². The second kappa shape index (κ2) is 3.91. The van der Waals surface area contributed by atoms with Crippen LogP contribution in [0.5, 0.6) is 0 Å². The van der Waals surface area contributed by atoms with Crippen molar-refractivity contribution in [3.05, 3.63) is 28.1 Å². The lowest BCUT2D eigenvalue weighted by Crippen LogP contribution is -1.80. The first-order chi connectivity index (χ1) is 6.81. The van der Waals surface area contributed by atoms with Crippen molar-refractivity contribution in [2.45, 2.75) is 13.3 Å². The Hall–Kier alpha value is -1.18. The summed E-state index contributed by atoms with van der Waals surface area (Å²) in [6.07, 6.45) is 0.404. The first kappa shape index (κ1) is 9.38. The number of rotatable bonds is 2. The van der Waals surface area contributed by atoms with E-state index in [0.29, 0.717) is 6.42 Å². The molecule has 4 heteroatoms. The van der Waals surface area contributed by atoms with Gasteiger partial charge in [0, 0.05) is 5.38 Å². The zero-order valence-corrected chi connectivity index (χ0v) is 9.28. The van der Waals surface area contributed by atoms with E-state index < -0.39 is 0 Å². The van der Waals surface area contributed by atoms with Crippen LogP contribution in [0.1, 0.15) is 11.3 Å². The molecule has 2 heterocycles. The maximum absolute atomic E-state index is 8.53. The minimum atomic E-state index is 0.404. The molecule has 0 aliphatic carbocycles. The van der Waals surface area contributed by atoms with Gasteiger partial charge in [0.2, 0.25) is 0 Å². The first-order valence-corrected chi connectivity index (χ1v) is 5.93. The van der Waals surface area contributed by atoms with Crippen molar-refractivity contribution in [2.24, 2.45) is 0 Å². The highest BCUT2D eigenvalue weighted by Gasteiger charge is 2.07. The van der Waals surface area contributed by atoms with Crippen molar-refractivity contribution in [2.75, 3.05) is 0 Å². The summed E-state index contributed by atoms with van der Waals surface area (Å²) in [5.41, 5.74) is 2.13. The standard InChI is InChI=1S/C10H8N2S2/c1-7-3-5-13-9(7)10-12-8(2-4-11)6-14-10/h3,5-6H,2H2,1H3. The Labute approximate surface area is 90.5 Å². The van der Waals surface area contributed by atoms with E-state index in [9.17, 15) is 0 Å². The van der Waals surface area contributed by atoms with E-state index in [1.807, 2.05) is 5.38 Å². The van der Waals surface area contributed by atoms with Crippen molar-refractivity contribution in [1.82, 2.24) is 4.98 Å². The molecule has 0 N–H and O–H groups in total. The molecule has 2 aromatic rings. The van der Waals surface area contributed by atoms with Crippen LogP contribution in [-0.2, 0) is 6.42 Å². The fourth-order valence-corrected chi connectivity index (χ4v) is 3.08. The summed E-state index contributed by atoms with van der Waals surface area (Å²) in [6, 6.07) is 4.19. The van der Waals surface area contributed by atoms with E-state index in [4.69, 9.17) is 5.26 Å². The highest BCUT2D eigenvalue weighted by Crippen LogP contribution is 2.31. The molecule has 0 aliphatic rings. The number of hydrogen-bond donors (Lipinski definition) is 0. The zero-order valence-electron chi connectivity index (χ0n) is 7.65. The molecule has 0 saturated carbocycles. The maximum Gasteiger partial charge on any atom is 0.133 e. The van der Waals surface area contributed by atoms with Gasteiger partial charge in [-0.1, -0.05) is 0 Å². The van der Waals surface area contributed by atoms with E-state index in [1.54, 1.807) is 22.7 Å². The Morgan fingerprint density at radius 1 is 1.50 bits per heavy atom. The van der Waals surface area contributed by atoms with Gasteiger partial charge in [0.15, 0.2) is 0 Å². The molecule has 0 fully saturated rings. The van der Waals surface area contributed by atoms with Crippen LogP contribution >= 0.6 is 22.7 Å². The predicted molar refractivity (Wildman–Crippen MR) is 59.5 cm³/mol. The van der Waals surface area contributed by atoms with Gasteiger partial charge in [-0.05, 0) is 23.9 Å². The van der Waals surface area contributed by atoms with Gasteiger partial charge in [0.05, 0.1) is 23.1 Å². The number of aryl methyl sites for hydroxylation is 1. The molecule has 0 bridgehead atoms. The van der Waals surface area contributed by atoms with Crippen molar-refractivity contribution in [1.29, 1.82) is 5.26 Å². The van der Waals surface area contributed by atoms with Gasteiger partial charge in [-0.2, -0.15) is 5.26 Å². The van der Waals surface area contributed by atoms with Crippen LogP contribution in [-0.4, -0.2) is 4.98 Å². The average molecular weight is 220 g/mol. The molecule has 14 heavy (non-hydrogen) atoms. The largest absolute Gasteiger partial charge is 0.239 e. The normalized spacial score (nSPS) is 10.0. The number of nitriles is 1. The predicted octanol–water partition coefficient (Wildman–Crippen LogP) is 3.25. The topological polar surface area (TPSA) is 36.7 Å². The monoisotopic (exact) mass is 220 g/mol. The van der Waals surface area contributed by atoms with Gasteiger partial charge in [0.25, 0.3) is 0 Å². The molecule has 0 aromatic carbocycles. The Morgan fingerprint density at radius 3 is 3.00 bits per heavy atom. The molecule has 0 atom stereocenters. The Kier molecular flexibility index (Phi) is 2.62. The Balaban J connectivity index is 2.35. The van der Waals surface area contributed by atoms with Gasteiger partial charge in [-0.15, -0.1) is 22.7 Å². The molecule has 0 radical (unpaired) electrons. The van der Waals surface area contributed by atoms with E-state index in [-0.39, 0.29) is 0 Å². The molecule has 2 nitrogen and oxygen atoms in total. The van der Waals surface area contributed by atoms with Crippen LogP contribution in [0.3, 0.4) is 0 Å². The van der Waals surface area contributed by atoms with E-state index in [0.717, 1.165) is 10.7 Å². The van der Waals surface area contributed by atoms with Crippen molar-refractivity contribution < 1.29 is 0 Å². The van der Waals surface area contributed by atoms with Crippen LogP contribution < -0.4 is 0 Å². The first-order valence-electron chi connectivity index (χ1n) is 4.17. The molecular weight excluding hydrogens is 212 g/mol. The fourth-order valence-electron chi connectivity index (χ4n) is 1.17. The SMILES string of the molecule is Cc1ccsc1-c1nc(CC#N)cs1. The molecule has 0 aliphatic heterocycles. The minimum absolute atomic E-state index is 0.404. The third kappa shape index (κ3) is 1.69. The average Bonchev–Trinajstić information content (AvgIpc) is 2.74. The zero-order chi connectivity index (χ0) is 9.97. The highest BCUT2D eigenvalue weighted by atomic mass is 32.1. The number of nitrogens with zero attached hydrogens (tertiary/aromatic N) is 2. The highest BCUT2D eigenvalue weighted by molar-refractivity contribution is 7.20. The van der Waals surface area contributed by atoms with Gasteiger partial charge in [-0.25, -0.2) is 4.98 Å². The lowest BCUT2D eigenvalue weighted by Gasteiger charge is -1.91. The summed E-state index contributed by atoms with van der Waals surface area (Å²) >= 11 is 3.31. The lowest BCUT2D eigenvalue weighted by atomic mass is 10.3. The maximum atomic E-state index is 8.53. The van der Waals surface area contributed by atoms with Gasteiger partial charge in [0.1, 0.15) is 5.01 Å². The quantitative estimate of drug-likeness (QED) is 0.779. The Morgan fingerprint density at radius 2 is 2.36 bits per heavy atom. The van der Waals surface area contributed by atoms with Crippen LogP contribution in [0.2, 0.25) is 0 Å². The molecule has 0 amide bonds. The third-order valence-electron chi connectivity index (χ3n) is 1.87. The summed E-state index contributed by atoms with van der Waals surface area (Å²) in [4.78, 5) is 5.63. The molecule has 2 aromatic heterocycles. The van der Waals surface area contributed by atoms with Crippen molar-refractivity contribution in [3.8, 4) is 16.0 Å². The van der Waals surface area contributed by atoms with Gasteiger partial charge in [-0.3, -0.25) is 0 Å². The summed E-state index contributed by atoms with van der Waals surface area (Å²) in [5, 5.41) is 13.6. The second-order valence-corrected chi connectivity index (χ2v) is 4.69. The van der Waals surface area contributed by atoms with Gasteiger partial charge < -0.3 is 0 Å². The fraction of sp³-hybridized carbons (Fsp3) is 0.200. The number of thiazole rings is 1. The summed E-state index contributed by atoms with van der Waals surface area (Å²) in [5.74, 6) is 0. The van der Waals surface area contributed by atoms with Crippen LogP contribution in [0, 0.1) is 18.3 Å². The summed E-state index contributed by atoms with van der Waals surface area (Å²) in [6.45, 7) is 2.08. The number of thiophene rings is 1. The minimum Gasteiger partial charge on any atom is -0.239 e. The lowest BCUT2D eigenvalue weighted by molar-refractivity contribution is 1.16. The molecule has 2 rings (SSSR count). The Bertz CT molecular complexity index is 476. The third-order valence-corrected chi connectivity index (χ3v) is 3.93. The molecule has 0 spiro atoms. The van der Waals surface area contributed by atoms with Crippen LogP contribution in [0.15, 0.2) is 16.8 Å². The van der Waals surface area contributed by atoms with E-state index in [1.165, 1.54) is 10.4 Å².